The lowest BCUT2D eigenvalue weighted by molar-refractivity contribution is 0.767. The summed E-state index contributed by atoms with van der Waals surface area (Å²) in [5, 5.41) is 6.06. The van der Waals surface area contributed by atoms with Crippen LogP contribution in [0.3, 0.4) is 0 Å². The molecule has 1 aromatic heterocycles. The summed E-state index contributed by atoms with van der Waals surface area (Å²) in [6, 6.07) is 20.6. The highest BCUT2D eigenvalue weighted by Gasteiger charge is 2.22. The molecule has 2 heterocycles. The molecule has 5 rings (SSSR count). The van der Waals surface area contributed by atoms with Gasteiger partial charge in [-0.1, -0.05) is 54.1 Å². The van der Waals surface area contributed by atoms with Gasteiger partial charge in [0.1, 0.15) is 0 Å². The molecule has 148 valence electrons. The molecule has 0 spiro atoms. The second-order valence-electron chi connectivity index (χ2n) is 7.97. The van der Waals surface area contributed by atoms with Gasteiger partial charge in [0.25, 0.3) is 0 Å². The van der Waals surface area contributed by atoms with Gasteiger partial charge in [-0.3, -0.25) is 9.48 Å². The van der Waals surface area contributed by atoms with Gasteiger partial charge in [0.2, 0.25) is 0 Å². The molecule has 0 saturated heterocycles. The zero-order chi connectivity index (χ0) is 20.7. The predicted octanol–water partition coefficient (Wildman–Crippen LogP) is 4.80. The van der Waals surface area contributed by atoms with E-state index in [9.17, 15) is 4.79 Å². The molecule has 0 fully saturated rings. The first-order valence-electron chi connectivity index (χ1n) is 10.1. The van der Waals surface area contributed by atoms with Crippen molar-refractivity contribution < 1.29 is 0 Å². The summed E-state index contributed by atoms with van der Waals surface area (Å²) in [4.78, 5) is 15.9. The number of aromatic nitrogens is 2. The molecule has 1 aliphatic heterocycles. The van der Waals surface area contributed by atoms with Crippen LogP contribution in [0.1, 0.15) is 22.3 Å². The van der Waals surface area contributed by atoms with Crippen molar-refractivity contribution in [3.8, 4) is 0 Å². The SMILES string of the molecule is Cc1ccc2ccc3c(c(=O)c2c1)C=C(c1cnn(C)c1)CN3Cc1ccccc1. The Kier molecular flexibility index (Phi) is 4.47. The lowest BCUT2D eigenvalue weighted by atomic mass is 9.99. The standard InChI is InChI=1S/C26H23N3O/c1-18-8-9-20-10-11-25-24(26(30)23(20)12-18)13-21(22-14-27-28(2)16-22)17-29(25)15-19-6-4-3-5-7-19/h3-14,16H,15,17H2,1-2H3. The maximum atomic E-state index is 13.6. The first-order chi connectivity index (χ1) is 14.6. The van der Waals surface area contributed by atoms with Crippen LogP contribution >= 0.6 is 0 Å². The second kappa shape index (κ2) is 7.30. The van der Waals surface area contributed by atoms with Crippen LogP contribution in [-0.4, -0.2) is 16.3 Å². The maximum Gasteiger partial charge on any atom is 0.195 e. The summed E-state index contributed by atoms with van der Waals surface area (Å²) < 4.78 is 1.80. The van der Waals surface area contributed by atoms with E-state index in [0.29, 0.717) is 0 Å². The monoisotopic (exact) mass is 393 g/mol. The van der Waals surface area contributed by atoms with Crippen molar-refractivity contribution in [1.29, 1.82) is 0 Å². The van der Waals surface area contributed by atoms with E-state index in [0.717, 1.165) is 51.8 Å². The van der Waals surface area contributed by atoms with E-state index in [4.69, 9.17) is 0 Å². The first kappa shape index (κ1) is 18.4. The van der Waals surface area contributed by atoms with Gasteiger partial charge in [0.05, 0.1) is 6.20 Å². The quantitative estimate of drug-likeness (QED) is 0.502. The molecule has 0 radical (unpaired) electrons. The Bertz CT molecular complexity index is 1340. The van der Waals surface area contributed by atoms with Gasteiger partial charge in [0, 0.05) is 48.5 Å². The Balaban J connectivity index is 1.74. The molecule has 4 aromatic rings. The maximum absolute atomic E-state index is 13.6. The van der Waals surface area contributed by atoms with Gasteiger partial charge in [-0.2, -0.15) is 5.10 Å². The number of benzene rings is 2. The molecule has 0 amide bonds. The Morgan fingerprint density at radius 1 is 1.03 bits per heavy atom. The molecule has 0 atom stereocenters. The van der Waals surface area contributed by atoms with Crippen molar-refractivity contribution in [3.05, 3.63) is 106 Å². The molecular formula is C26H23N3O. The van der Waals surface area contributed by atoms with Gasteiger partial charge in [-0.15, -0.1) is 0 Å². The van der Waals surface area contributed by atoms with Crippen LogP contribution in [-0.2, 0) is 13.6 Å². The van der Waals surface area contributed by atoms with Gasteiger partial charge in [0.15, 0.2) is 5.43 Å². The van der Waals surface area contributed by atoms with Crippen LogP contribution in [0, 0.1) is 6.92 Å². The van der Waals surface area contributed by atoms with E-state index in [1.54, 1.807) is 4.68 Å². The third-order valence-corrected chi connectivity index (χ3v) is 5.71. The molecule has 0 aliphatic carbocycles. The van der Waals surface area contributed by atoms with Crippen LogP contribution in [0.4, 0.5) is 5.69 Å². The summed E-state index contributed by atoms with van der Waals surface area (Å²) in [6.07, 6.45) is 5.93. The molecule has 30 heavy (non-hydrogen) atoms. The fraction of sp³-hybridized carbons (Fsp3) is 0.154. The molecular weight excluding hydrogens is 370 g/mol. The number of aryl methyl sites for hydroxylation is 2. The van der Waals surface area contributed by atoms with Crippen LogP contribution in [0.15, 0.2) is 77.9 Å². The average Bonchev–Trinajstić information content (AvgIpc) is 3.14. The molecule has 0 N–H and O–H groups in total. The Morgan fingerprint density at radius 2 is 1.83 bits per heavy atom. The van der Waals surface area contributed by atoms with Crippen molar-refractivity contribution in [2.75, 3.05) is 11.4 Å². The molecule has 4 nitrogen and oxygen atoms in total. The summed E-state index contributed by atoms with van der Waals surface area (Å²) >= 11 is 0. The Morgan fingerprint density at radius 3 is 2.60 bits per heavy atom. The minimum absolute atomic E-state index is 0.0767. The van der Waals surface area contributed by atoms with Crippen LogP contribution in [0.5, 0.6) is 0 Å². The predicted molar refractivity (Wildman–Crippen MR) is 124 cm³/mol. The topological polar surface area (TPSA) is 38.1 Å². The van der Waals surface area contributed by atoms with Crippen molar-refractivity contribution in [2.24, 2.45) is 7.05 Å². The van der Waals surface area contributed by atoms with Gasteiger partial charge >= 0.3 is 0 Å². The molecule has 4 heteroatoms. The van der Waals surface area contributed by atoms with E-state index in [1.165, 1.54) is 5.56 Å². The fourth-order valence-electron chi connectivity index (χ4n) is 4.16. The lowest BCUT2D eigenvalue weighted by Gasteiger charge is -2.30. The van der Waals surface area contributed by atoms with Crippen LogP contribution in [0.25, 0.3) is 22.4 Å². The first-order valence-corrected chi connectivity index (χ1v) is 10.1. The molecule has 0 bridgehead atoms. The zero-order valence-electron chi connectivity index (χ0n) is 17.2. The number of fused-ring (bicyclic) bond motifs is 2. The third-order valence-electron chi connectivity index (χ3n) is 5.71. The Hall–Kier alpha value is -3.66. The smallest absolute Gasteiger partial charge is 0.195 e. The van der Waals surface area contributed by atoms with E-state index in [2.05, 4.69) is 58.5 Å². The minimum Gasteiger partial charge on any atom is -0.362 e. The largest absolute Gasteiger partial charge is 0.362 e. The normalized spacial score (nSPS) is 13.3. The van der Waals surface area contributed by atoms with Crippen LogP contribution in [0.2, 0.25) is 0 Å². The number of rotatable bonds is 3. The number of hydrogen-bond donors (Lipinski definition) is 0. The lowest BCUT2D eigenvalue weighted by Crippen LogP contribution is -2.29. The van der Waals surface area contributed by atoms with Crippen LogP contribution < -0.4 is 10.3 Å². The molecule has 1 aliphatic rings. The number of hydrogen-bond acceptors (Lipinski definition) is 3. The zero-order valence-corrected chi connectivity index (χ0v) is 17.2. The highest BCUT2D eigenvalue weighted by Crippen LogP contribution is 2.32. The van der Waals surface area contributed by atoms with E-state index in [-0.39, 0.29) is 5.43 Å². The van der Waals surface area contributed by atoms with E-state index < -0.39 is 0 Å². The van der Waals surface area contributed by atoms with Gasteiger partial charge in [-0.25, -0.2) is 0 Å². The highest BCUT2D eigenvalue weighted by atomic mass is 16.1. The van der Waals surface area contributed by atoms with Crippen molar-refractivity contribution in [1.82, 2.24) is 9.78 Å². The number of anilines is 1. The van der Waals surface area contributed by atoms with Crippen molar-refractivity contribution >= 4 is 28.1 Å². The summed E-state index contributed by atoms with van der Waals surface area (Å²) in [5.41, 5.74) is 6.27. The van der Waals surface area contributed by atoms with Gasteiger partial charge < -0.3 is 4.90 Å². The summed E-state index contributed by atoms with van der Waals surface area (Å²) in [5.74, 6) is 0. The van der Waals surface area contributed by atoms with Crippen molar-refractivity contribution in [2.45, 2.75) is 13.5 Å². The third kappa shape index (κ3) is 3.30. The summed E-state index contributed by atoms with van der Waals surface area (Å²) in [7, 11) is 1.91. The number of nitrogens with zero attached hydrogens (tertiary/aromatic N) is 3. The highest BCUT2D eigenvalue weighted by molar-refractivity contribution is 5.94. The summed E-state index contributed by atoms with van der Waals surface area (Å²) in [6.45, 7) is 3.49. The fourth-order valence-corrected chi connectivity index (χ4v) is 4.16. The average molecular weight is 393 g/mol. The van der Waals surface area contributed by atoms with E-state index >= 15 is 0 Å². The molecule has 0 unspecified atom stereocenters. The van der Waals surface area contributed by atoms with Crippen molar-refractivity contribution in [3.63, 3.8) is 0 Å². The minimum atomic E-state index is 0.0767. The molecule has 0 saturated carbocycles. The van der Waals surface area contributed by atoms with Gasteiger partial charge in [-0.05, 0) is 41.7 Å². The van der Waals surface area contributed by atoms with E-state index in [1.807, 2.05) is 44.6 Å². The molecule has 3 aromatic carbocycles. The Labute approximate surface area is 175 Å². The second-order valence-corrected chi connectivity index (χ2v) is 7.97.